The van der Waals surface area contributed by atoms with Gasteiger partial charge in [-0.1, -0.05) is 35.8 Å². The van der Waals surface area contributed by atoms with E-state index in [-0.39, 0.29) is 0 Å². The van der Waals surface area contributed by atoms with E-state index in [0.29, 0.717) is 6.04 Å². The molecule has 0 saturated heterocycles. The van der Waals surface area contributed by atoms with E-state index in [4.69, 9.17) is 0 Å². The Morgan fingerprint density at radius 3 is 2.89 bits per heavy atom. The molecule has 1 aromatic carbocycles. The molecule has 0 aliphatic carbocycles. The number of thiazole rings is 1. The number of rotatable bonds is 4. The minimum Gasteiger partial charge on any atom is -0.309 e. The Kier molecular flexibility index (Phi) is 4.54. The third kappa shape index (κ3) is 3.40. The van der Waals surface area contributed by atoms with Crippen LogP contribution in [0.2, 0.25) is 0 Å². The molecule has 2 aromatic rings. The van der Waals surface area contributed by atoms with E-state index in [9.17, 15) is 0 Å². The zero-order valence-electron chi connectivity index (χ0n) is 10.8. The van der Waals surface area contributed by atoms with Gasteiger partial charge in [0, 0.05) is 28.0 Å². The van der Waals surface area contributed by atoms with Gasteiger partial charge in [-0.15, -0.1) is 11.3 Å². The predicted molar refractivity (Wildman–Crippen MR) is 82.0 cm³/mol. The number of aromatic nitrogens is 1. The number of benzene rings is 1. The van der Waals surface area contributed by atoms with Gasteiger partial charge in [-0.3, -0.25) is 0 Å². The third-order valence-electron chi connectivity index (χ3n) is 2.67. The van der Waals surface area contributed by atoms with Crippen LogP contribution in [0.4, 0.5) is 0 Å². The van der Waals surface area contributed by atoms with Crippen LogP contribution in [0.1, 0.15) is 25.1 Å². The highest BCUT2D eigenvalue weighted by atomic mass is 79.9. The number of hydrogen-bond donors (Lipinski definition) is 1. The van der Waals surface area contributed by atoms with E-state index in [0.717, 1.165) is 21.7 Å². The van der Waals surface area contributed by atoms with Crippen molar-refractivity contribution in [2.24, 2.45) is 0 Å². The summed E-state index contributed by atoms with van der Waals surface area (Å²) in [5, 5.41) is 6.61. The second-order valence-electron chi connectivity index (χ2n) is 4.64. The predicted octanol–water partition coefficient (Wildman–Crippen LogP) is 4.38. The largest absolute Gasteiger partial charge is 0.309 e. The number of halogens is 1. The monoisotopic (exact) mass is 324 g/mol. The molecule has 4 heteroatoms. The van der Waals surface area contributed by atoms with Crippen molar-refractivity contribution in [1.82, 2.24) is 10.3 Å². The van der Waals surface area contributed by atoms with Crippen molar-refractivity contribution < 1.29 is 0 Å². The van der Waals surface area contributed by atoms with E-state index in [1.165, 1.54) is 11.1 Å². The van der Waals surface area contributed by atoms with Crippen LogP contribution >= 0.6 is 27.3 Å². The van der Waals surface area contributed by atoms with Crippen LogP contribution in [0.15, 0.2) is 28.1 Å². The molecule has 0 fully saturated rings. The van der Waals surface area contributed by atoms with Crippen LogP contribution in [0.25, 0.3) is 10.6 Å². The van der Waals surface area contributed by atoms with Crippen LogP contribution in [-0.2, 0) is 6.54 Å². The first-order valence-electron chi connectivity index (χ1n) is 6.00. The number of nitrogens with zero attached hydrogens (tertiary/aromatic N) is 1. The maximum Gasteiger partial charge on any atom is 0.123 e. The van der Waals surface area contributed by atoms with Gasteiger partial charge in [-0.2, -0.15) is 0 Å². The topological polar surface area (TPSA) is 24.9 Å². The van der Waals surface area contributed by atoms with Crippen molar-refractivity contribution >= 4 is 27.3 Å². The summed E-state index contributed by atoms with van der Waals surface area (Å²) in [6, 6.07) is 6.80. The molecule has 0 spiro atoms. The van der Waals surface area contributed by atoms with Gasteiger partial charge in [0.05, 0.1) is 5.69 Å². The number of hydrogen-bond acceptors (Lipinski definition) is 3. The molecule has 18 heavy (non-hydrogen) atoms. The van der Waals surface area contributed by atoms with Gasteiger partial charge in [-0.05, 0) is 24.6 Å². The van der Waals surface area contributed by atoms with Crippen molar-refractivity contribution in [3.8, 4) is 10.6 Å². The van der Waals surface area contributed by atoms with Crippen molar-refractivity contribution in [1.29, 1.82) is 0 Å². The molecule has 0 unspecified atom stereocenters. The summed E-state index contributed by atoms with van der Waals surface area (Å²) in [5.74, 6) is 0. The van der Waals surface area contributed by atoms with Gasteiger partial charge in [0.1, 0.15) is 5.01 Å². The Morgan fingerprint density at radius 2 is 2.17 bits per heavy atom. The Bertz CT molecular complexity index is 534. The third-order valence-corrected chi connectivity index (χ3v) is 4.09. The summed E-state index contributed by atoms with van der Waals surface area (Å²) in [7, 11) is 0. The van der Waals surface area contributed by atoms with E-state index >= 15 is 0 Å². The lowest BCUT2D eigenvalue weighted by Gasteiger charge is -2.05. The lowest BCUT2D eigenvalue weighted by Crippen LogP contribution is -2.21. The molecular formula is C14H17BrN2S. The lowest BCUT2D eigenvalue weighted by atomic mass is 10.1. The number of aryl methyl sites for hydroxylation is 1. The van der Waals surface area contributed by atoms with Gasteiger partial charge >= 0.3 is 0 Å². The Morgan fingerprint density at radius 1 is 1.39 bits per heavy atom. The smallest absolute Gasteiger partial charge is 0.123 e. The highest BCUT2D eigenvalue weighted by molar-refractivity contribution is 9.10. The quantitative estimate of drug-likeness (QED) is 0.902. The van der Waals surface area contributed by atoms with Crippen LogP contribution in [0.5, 0.6) is 0 Å². The van der Waals surface area contributed by atoms with Crippen LogP contribution in [-0.4, -0.2) is 11.0 Å². The molecule has 2 nitrogen and oxygen atoms in total. The van der Waals surface area contributed by atoms with Gasteiger partial charge < -0.3 is 5.32 Å². The summed E-state index contributed by atoms with van der Waals surface area (Å²) in [4.78, 5) is 4.69. The van der Waals surface area contributed by atoms with E-state index < -0.39 is 0 Å². The van der Waals surface area contributed by atoms with Gasteiger partial charge in [-0.25, -0.2) is 4.98 Å². The van der Waals surface area contributed by atoms with Crippen LogP contribution in [0.3, 0.4) is 0 Å². The molecule has 0 radical (unpaired) electrons. The lowest BCUT2D eigenvalue weighted by molar-refractivity contribution is 0.583. The SMILES string of the molecule is Cc1ccc(Br)cc1-c1nc(CNC(C)C)cs1. The van der Waals surface area contributed by atoms with E-state index in [2.05, 4.69) is 70.6 Å². The Hall–Kier alpha value is -0.710. The average Bonchev–Trinajstić information content (AvgIpc) is 2.78. The first kappa shape index (κ1) is 13.7. The van der Waals surface area contributed by atoms with Crippen molar-refractivity contribution in [2.45, 2.75) is 33.4 Å². The second-order valence-corrected chi connectivity index (χ2v) is 6.41. The fourth-order valence-corrected chi connectivity index (χ4v) is 2.91. The molecule has 0 atom stereocenters. The fraction of sp³-hybridized carbons (Fsp3) is 0.357. The first-order valence-corrected chi connectivity index (χ1v) is 7.68. The van der Waals surface area contributed by atoms with Crippen LogP contribution in [0, 0.1) is 6.92 Å². The Balaban J connectivity index is 2.21. The molecule has 0 aliphatic rings. The van der Waals surface area contributed by atoms with E-state index in [1.807, 2.05) is 0 Å². The summed E-state index contributed by atoms with van der Waals surface area (Å²) >= 11 is 5.22. The molecule has 1 heterocycles. The van der Waals surface area contributed by atoms with Crippen LogP contribution < -0.4 is 5.32 Å². The molecule has 2 rings (SSSR count). The van der Waals surface area contributed by atoms with Gasteiger partial charge in [0.15, 0.2) is 0 Å². The molecule has 0 amide bonds. The highest BCUT2D eigenvalue weighted by Gasteiger charge is 2.08. The normalized spacial score (nSPS) is 11.2. The van der Waals surface area contributed by atoms with Gasteiger partial charge in [0.25, 0.3) is 0 Å². The van der Waals surface area contributed by atoms with Gasteiger partial charge in [0.2, 0.25) is 0 Å². The molecule has 0 bridgehead atoms. The van der Waals surface area contributed by atoms with E-state index in [1.54, 1.807) is 11.3 Å². The summed E-state index contributed by atoms with van der Waals surface area (Å²) in [5.41, 5.74) is 3.59. The molecule has 0 saturated carbocycles. The maximum atomic E-state index is 4.69. The molecule has 1 N–H and O–H groups in total. The zero-order chi connectivity index (χ0) is 13.1. The molecule has 1 aromatic heterocycles. The summed E-state index contributed by atoms with van der Waals surface area (Å²) in [6.45, 7) is 7.24. The number of nitrogens with one attached hydrogen (secondary N) is 1. The summed E-state index contributed by atoms with van der Waals surface area (Å²) in [6.07, 6.45) is 0. The first-order chi connectivity index (χ1) is 8.56. The minimum absolute atomic E-state index is 0.489. The van der Waals surface area contributed by atoms with Crippen molar-refractivity contribution in [2.75, 3.05) is 0 Å². The molecule has 0 aliphatic heterocycles. The fourth-order valence-electron chi connectivity index (χ4n) is 1.65. The maximum absolute atomic E-state index is 4.69. The Labute approximate surface area is 121 Å². The highest BCUT2D eigenvalue weighted by Crippen LogP contribution is 2.29. The van der Waals surface area contributed by atoms with Crippen molar-refractivity contribution in [3.05, 3.63) is 39.3 Å². The molecule has 96 valence electrons. The average molecular weight is 325 g/mol. The standard InChI is InChI=1S/C14H17BrN2S/c1-9(2)16-7-12-8-18-14(17-12)13-6-11(15)5-4-10(13)3/h4-6,8-9,16H,7H2,1-3H3. The zero-order valence-corrected chi connectivity index (χ0v) is 13.2. The molecular weight excluding hydrogens is 308 g/mol. The second kappa shape index (κ2) is 5.95. The summed E-state index contributed by atoms with van der Waals surface area (Å²) < 4.78 is 1.10. The van der Waals surface area contributed by atoms with Crippen molar-refractivity contribution in [3.63, 3.8) is 0 Å². The minimum atomic E-state index is 0.489.